The summed E-state index contributed by atoms with van der Waals surface area (Å²) in [5, 5.41) is 2.82. The predicted octanol–water partition coefficient (Wildman–Crippen LogP) is 3.09. The first-order chi connectivity index (χ1) is 18.8. The Kier molecular flexibility index (Phi) is 9.53. The van der Waals surface area contributed by atoms with E-state index in [0.717, 1.165) is 0 Å². The Morgan fingerprint density at radius 2 is 1.87 bits per heavy atom. The van der Waals surface area contributed by atoms with Gasteiger partial charge in [-0.25, -0.2) is 0 Å². The number of rotatable bonds is 4. The lowest BCUT2D eigenvalue weighted by Crippen LogP contribution is -2.50. The van der Waals surface area contributed by atoms with Gasteiger partial charge in [0, 0.05) is 70.2 Å². The molecule has 2 aliphatic rings. The van der Waals surface area contributed by atoms with E-state index in [2.05, 4.69) is 10.3 Å². The van der Waals surface area contributed by atoms with Crippen molar-refractivity contribution in [2.75, 3.05) is 52.4 Å². The van der Waals surface area contributed by atoms with Crippen LogP contribution in [-0.4, -0.2) is 91.7 Å². The predicted molar refractivity (Wildman–Crippen MR) is 146 cm³/mol. The zero-order valence-corrected chi connectivity index (χ0v) is 23.1. The van der Waals surface area contributed by atoms with Crippen LogP contribution in [0, 0.1) is 11.8 Å². The first-order valence-electron chi connectivity index (χ1n) is 13.4. The number of fused-ring (bicyclic) bond motifs is 1. The van der Waals surface area contributed by atoms with E-state index < -0.39 is 0 Å². The number of anilines is 1. The van der Waals surface area contributed by atoms with Gasteiger partial charge in [0.25, 0.3) is 11.8 Å². The minimum atomic E-state index is -0.370. The minimum absolute atomic E-state index is 0.0143. The molecule has 2 aromatic rings. The van der Waals surface area contributed by atoms with Gasteiger partial charge in [-0.3, -0.25) is 19.4 Å². The van der Waals surface area contributed by atoms with E-state index in [4.69, 9.17) is 14.2 Å². The number of methoxy groups -OCH3 is 1. The molecule has 1 aromatic carbocycles. The average molecular weight is 539 g/mol. The normalized spacial score (nSPS) is 23.2. The summed E-state index contributed by atoms with van der Waals surface area (Å²) >= 11 is 0. The number of pyridine rings is 1. The van der Waals surface area contributed by atoms with Crippen LogP contribution in [0.25, 0.3) is 0 Å². The number of hydrogen-bond acceptors (Lipinski definition) is 7. The molecule has 10 nitrogen and oxygen atoms in total. The second-order valence-corrected chi connectivity index (χ2v) is 10.4. The standard InChI is InChI=1S/C29H38N4O6/c1-19-16-33(28(35)21-10-13-38-14-11-21)20(2)18-39-25-15-22(31-27(34)24-7-5-6-12-30-24)8-9-23(25)29(36)32(3)17-26(19)37-4/h5-9,12,15,19-21,26H,10-11,13-14,16-18H2,1-4H3,(H,31,34)/t19-,20-,26-/m1/s1. The van der Waals surface area contributed by atoms with Crippen LogP contribution in [0.4, 0.5) is 5.69 Å². The summed E-state index contributed by atoms with van der Waals surface area (Å²) in [5.74, 6) is -0.268. The number of likely N-dealkylation sites (N-methyl/N-ethyl adjacent to an activating group) is 1. The minimum Gasteiger partial charge on any atom is -0.491 e. The molecule has 0 spiro atoms. The van der Waals surface area contributed by atoms with Crippen molar-refractivity contribution in [1.82, 2.24) is 14.8 Å². The number of amides is 3. The Hall–Kier alpha value is -3.50. The van der Waals surface area contributed by atoms with Crippen LogP contribution in [0.1, 0.15) is 47.5 Å². The first-order valence-corrected chi connectivity index (χ1v) is 13.4. The van der Waals surface area contributed by atoms with E-state index in [1.807, 2.05) is 18.7 Å². The molecule has 1 fully saturated rings. The van der Waals surface area contributed by atoms with Crippen LogP contribution < -0.4 is 10.1 Å². The maximum atomic E-state index is 13.6. The lowest BCUT2D eigenvalue weighted by atomic mass is 9.95. The molecule has 210 valence electrons. The Labute approximate surface area is 229 Å². The Bertz CT molecular complexity index is 1150. The molecule has 39 heavy (non-hydrogen) atoms. The zero-order valence-electron chi connectivity index (χ0n) is 23.1. The fourth-order valence-corrected chi connectivity index (χ4v) is 5.03. The molecule has 0 radical (unpaired) electrons. The monoisotopic (exact) mass is 538 g/mol. The maximum Gasteiger partial charge on any atom is 0.274 e. The quantitative estimate of drug-likeness (QED) is 0.637. The second-order valence-electron chi connectivity index (χ2n) is 10.4. The average Bonchev–Trinajstić information content (AvgIpc) is 2.97. The van der Waals surface area contributed by atoms with Crippen molar-refractivity contribution in [3.8, 4) is 5.75 Å². The van der Waals surface area contributed by atoms with E-state index in [1.165, 1.54) is 0 Å². The molecule has 3 atom stereocenters. The summed E-state index contributed by atoms with van der Waals surface area (Å²) < 4.78 is 17.5. The molecule has 3 heterocycles. The third kappa shape index (κ3) is 6.93. The highest BCUT2D eigenvalue weighted by Gasteiger charge is 2.34. The van der Waals surface area contributed by atoms with Crippen molar-refractivity contribution >= 4 is 23.4 Å². The summed E-state index contributed by atoms with van der Waals surface area (Å²) in [6, 6.07) is 9.79. The summed E-state index contributed by atoms with van der Waals surface area (Å²) in [6.45, 7) is 6.17. The van der Waals surface area contributed by atoms with Gasteiger partial charge in [0.1, 0.15) is 18.1 Å². The van der Waals surface area contributed by atoms with Crippen molar-refractivity contribution in [3.63, 3.8) is 0 Å². The van der Waals surface area contributed by atoms with Gasteiger partial charge in [0.15, 0.2) is 0 Å². The van der Waals surface area contributed by atoms with Gasteiger partial charge in [0.2, 0.25) is 5.91 Å². The summed E-state index contributed by atoms with van der Waals surface area (Å²) in [4.78, 5) is 47.4. The maximum absolute atomic E-state index is 13.6. The van der Waals surface area contributed by atoms with Crippen molar-refractivity contribution in [2.24, 2.45) is 11.8 Å². The Morgan fingerprint density at radius 1 is 1.10 bits per heavy atom. The molecule has 0 unspecified atom stereocenters. The largest absolute Gasteiger partial charge is 0.491 e. The number of carbonyl (C=O) groups is 3. The first kappa shape index (κ1) is 28.5. The summed E-state index contributed by atoms with van der Waals surface area (Å²) in [5.41, 5.74) is 1.11. The highest BCUT2D eigenvalue weighted by molar-refractivity contribution is 6.03. The van der Waals surface area contributed by atoms with E-state index in [9.17, 15) is 14.4 Å². The molecule has 0 saturated carbocycles. The van der Waals surface area contributed by atoms with Crippen molar-refractivity contribution in [3.05, 3.63) is 53.9 Å². The fourth-order valence-electron chi connectivity index (χ4n) is 5.03. The third-order valence-electron chi connectivity index (χ3n) is 7.46. The number of nitrogens with zero attached hydrogens (tertiary/aromatic N) is 3. The molecular formula is C29H38N4O6. The highest BCUT2D eigenvalue weighted by atomic mass is 16.5. The van der Waals surface area contributed by atoms with E-state index in [0.29, 0.717) is 56.1 Å². The van der Waals surface area contributed by atoms with E-state index in [-0.39, 0.29) is 54.0 Å². The Morgan fingerprint density at radius 3 is 2.56 bits per heavy atom. The lowest BCUT2D eigenvalue weighted by molar-refractivity contribution is -0.142. The third-order valence-corrected chi connectivity index (χ3v) is 7.46. The fraction of sp³-hybridized carbons (Fsp3) is 0.517. The molecule has 1 aromatic heterocycles. The van der Waals surface area contributed by atoms with Gasteiger partial charge in [0.05, 0.1) is 17.7 Å². The molecule has 4 rings (SSSR count). The van der Waals surface area contributed by atoms with Crippen LogP contribution in [0.2, 0.25) is 0 Å². The van der Waals surface area contributed by atoms with Crippen LogP contribution >= 0.6 is 0 Å². The number of benzene rings is 1. The molecule has 3 amide bonds. The molecule has 0 bridgehead atoms. The van der Waals surface area contributed by atoms with Gasteiger partial charge in [-0.1, -0.05) is 13.0 Å². The Balaban J connectivity index is 1.63. The van der Waals surface area contributed by atoms with Crippen molar-refractivity contribution in [1.29, 1.82) is 0 Å². The van der Waals surface area contributed by atoms with Crippen LogP contribution in [0.15, 0.2) is 42.6 Å². The topological polar surface area (TPSA) is 110 Å². The smallest absolute Gasteiger partial charge is 0.274 e. The number of aromatic nitrogens is 1. The van der Waals surface area contributed by atoms with Crippen LogP contribution in [0.5, 0.6) is 5.75 Å². The SMILES string of the molecule is CO[C@@H]1CN(C)C(=O)c2ccc(NC(=O)c3ccccn3)cc2OC[C@@H](C)N(C(=O)C2CCOCC2)C[C@H]1C. The highest BCUT2D eigenvalue weighted by Crippen LogP contribution is 2.28. The number of ether oxygens (including phenoxy) is 3. The van der Waals surface area contributed by atoms with Gasteiger partial charge < -0.3 is 29.3 Å². The number of hydrogen-bond donors (Lipinski definition) is 1. The summed E-state index contributed by atoms with van der Waals surface area (Å²) in [6.07, 6.45) is 2.68. The van der Waals surface area contributed by atoms with E-state index in [1.54, 1.807) is 61.7 Å². The molecule has 1 N–H and O–H groups in total. The summed E-state index contributed by atoms with van der Waals surface area (Å²) in [7, 11) is 3.36. The van der Waals surface area contributed by atoms with Gasteiger partial charge >= 0.3 is 0 Å². The van der Waals surface area contributed by atoms with Gasteiger partial charge in [-0.05, 0) is 44.0 Å². The lowest BCUT2D eigenvalue weighted by Gasteiger charge is -2.38. The molecular weight excluding hydrogens is 500 g/mol. The van der Waals surface area contributed by atoms with Crippen LogP contribution in [0.3, 0.4) is 0 Å². The van der Waals surface area contributed by atoms with E-state index >= 15 is 0 Å². The van der Waals surface area contributed by atoms with Gasteiger partial charge in [-0.15, -0.1) is 0 Å². The molecule has 10 heteroatoms. The second kappa shape index (κ2) is 13.0. The molecule has 2 aliphatic heterocycles. The van der Waals surface area contributed by atoms with Gasteiger partial charge in [-0.2, -0.15) is 0 Å². The zero-order chi connectivity index (χ0) is 27.9. The van der Waals surface area contributed by atoms with Crippen molar-refractivity contribution in [2.45, 2.75) is 38.8 Å². The number of nitrogens with one attached hydrogen (secondary N) is 1. The molecule has 1 saturated heterocycles. The molecule has 0 aliphatic carbocycles. The number of carbonyl (C=O) groups excluding carboxylic acids is 3. The van der Waals surface area contributed by atoms with Crippen LogP contribution in [-0.2, 0) is 14.3 Å². The van der Waals surface area contributed by atoms with Crippen molar-refractivity contribution < 1.29 is 28.6 Å².